The van der Waals surface area contributed by atoms with Crippen molar-refractivity contribution >= 4 is 77.8 Å². The van der Waals surface area contributed by atoms with E-state index in [0.717, 1.165) is 32.2 Å². The van der Waals surface area contributed by atoms with E-state index in [0.29, 0.717) is 0 Å². The van der Waals surface area contributed by atoms with E-state index in [-0.39, 0.29) is 0 Å². The molecule has 11 rings (SSSR count). The third kappa shape index (κ3) is 6.87. The predicted octanol–water partition coefficient (Wildman–Crippen LogP) is 15.7. The fourth-order valence-corrected chi connectivity index (χ4v) is 10.1. The lowest BCUT2D eigenvalue weighted by molar-refractivity contribution is 0.784. The molecule has 10 aromatic rings. The number of allylic oxidation sites excluding steroid dienone is 5. The smallest absolute Gasteiger partial charge is 0.0488 e. The molecule has 0 saturated heterocycles. The Labute approximate surface area is 358 Å². The average Bonchev–Trinajstić information content (AvgIpc) is 3.59. The van der Waals surface area contributed by atoms with Crippen LogP contribution >= 0.6 is 0 Å². The van der Waals surface area contributed by atoms with E-state index in [1.165, 1.54) is 110 Å². The standard InChI is InChI=1S/C60H47N/c1-2-61-57-25-13-19-43(51(36-41-14-5-3-6-15-41)38-49-23-11-20-44-18-9-10-24-53(44)49)30-34-55(57)56-40-48(32-35-58(56)61)52(37-42-16-7-4-8-17-42)39-50-29-28-47-27-26-45-21-12-22-46-31-33-54(50)60(47)59(45)46/h3-18,20-33,35-37,40H,2,19,34,38-39H2,1H3/b25-13-,43-30+,51-36?,52-37+. The topological polar surface area (TPSA) is 4.93 Å². The van der Waals surface area contributed by atoms with Crippen LogP contribution in [-0.4, -0.2) is 4.57 Å². The maximum Gasteiger partial charge on any atom is 0.0488 e. The number of aryl methyl sites for hydroxylation is 1. The molecular formula is C60H47N. The highest BCUT2D eigenvalue weighted by atomic mass is 15.0. The van der Waals surface area contributed by atoms with Gasteiger partial charge in [-0.05, 0) is 144 Å². The molecule has 61 heavy (non-hydrogen) atoms. The van der Waals surface area contributed by atoms with Crippen LogP contribution in [0.2, 0.25) is 0 Å². The number of hydrogen-bond acceptors (Lipinski definition) is 0. The number of fused-ring (bicyclic) bond motifs is 4. The van der Waals surface area contributed by atoms with Gasteiger partial charge in [-0.15, -0.1) is 0 Å². The van der Waals surface area contributed by atoms with E-state index in [9.17, 15) is 0 Å². The van der Waals surface area contributed by atoms with Crippen LogP contribution in [0.3, 0.4) is 0 Å². The largest absolute Gasteiger partial charge is 0.341 e. The Morgan fingerprint density at radius 3 is 1.92 bits per heavy atom. The van der Waals surface area contributed by atoms with Crippen molar-refractivity contribution < 1.29 is 0 Å². The molecule has 0 bridgehead atoms. The first-order chi connectivity index (χ1) is 30.2. The summed E-state index contributed by atoms with van der Waals surface area (Å²) in [6.07, 6.45) is 15.6. The van der Waals surface area contributed by atoms with Gasteiger partial charge in [0.25, 0.3) is 0 Å². The lowest BCUT2D eigenvalue weighted by atomic mass is 9.88. The summed E-state index contributed by atoms with van der Waals surface area (Å²) in [4.78, 5) is 0. The molecule has 1 heterocycles. The molecule has 0 spiro atoms. The van der Waals surface area contributed by atoms with Gasteiger partial charge in [0.15, 0.2) is 0 Å². The van der Waals surface area contributed by atoms with Crippen LogP contribution in [-0.2, 0) is 25.8 Å². The summed E-state index contributed by atoms with van der Waals surface area (Å²) in [7, 11) is 0. The van der Waals surface area contributed by atoms with Crippen molar-refractivity contribution in [2.75, 3.05) is 0 Å². The third-order valence-electron chi connectivity index (χ3n) is 13.0. The summed E-state index contributed by atoms with van der Waals surface area (Å²) in [6.45, 7) is 3.20. The second kappa shape index (κ2) is 15.8. The normalized spacial score (nSPS) is 15.0. The van der Waals surface area contributed by atoms with E-state index < -0.39 is 0 Å². The van der Waals surface area contributed by atoms with Gasteiger partial charge in [-0.3, -0.25) is 0 Å². The first-order valence-corrected chi connectivity index (χ1v) is 21.8. The molecule has 0 N–H and O–H groups in total. The number of aromatic nitrogens is 1. The minimum Gasteiger partial charge on any atom is -0.341 e. The zero-order chi connectivity index (χ0) is 40.7. The molecule has 292 valence electrons. The Bertz CT molecular complexity index is 3350. The Kier molecular flexibility index (Phi) is 9.51. The maximum atomic E-state index is 2.53. The number of rotatable bonds is 9. The van der Waals surface area contributed by atoms with Crippen molar-refractivity contribution in [2.24, 2.45) is 0 Å². The second-order valence-electron chi connectivity index (χ2n) is 16.6. The van der Waals surface area contributed by atoms with Gasteiger partial charge in [0, 0.05) is 23.1 Å². The van der Waals surface area contributed by atoms with E-state index in [4.69, 9.17) is 0 Å². The molecule has 0 radical (unpaired) electrons. The van der Waals surface area contributed by atoms with Gasteiger partial charge in [-0.1, -0.05) is 188 Å². The van der Waals surface area contributed by atoms with Crippen molar-refractivity contribution in [2.45, 2.75) is 39.2 Å². The predicted molar refractivity (Wildman–Crippen MR) is 263 cm³/mol. The van der Waals surface area contributed by atoms with Gasteiger partial charge in [-0.25, -0.2) is 0 Å². The van der Waals surface area contributed by atoms with Gasteiger partial charge >= 0.3 is 0 Å². The highest BCUT2D eigenvalue weighted by Gasteiger charge is 2.20. The van der Waals surface area contributed by atoms with E-state index >= 15 is 0 Å². The van der Waals surface area contributed by atoms with Crippen LogP contribution in [0.25, 0.3) is 77.8 Å². The third-order valence-corrected chi connectivity index (χ3v) is 13.0. The molecule has 0 unspecified atom stereocenters. The fraction of sp³-hybridized carbons (Fsp3) is 0.100. The zero-order valence-electron chi connectivity index (χ0n) is 34.6. The van der Waals surface area contributed by atoms with Crippen LogP contribution in [0, 0.1) is 0 Å². The Balaban J connectivity index is 1.02. The molecule has 0 aliphatic heterocycles. The van der Waals surface area contributed by atoms with Gasteiger partial charge in [0.05, 0.1) is 0 Å². The van der Waals surface area contributed by atoms with E-state index in [1.807, 2.05) is 0 Å². The van der Waals surface area contributed by atoms with Crippen LogP contribution < -0.4 is 0 Å². The lowest BCUT2D eigenvalue weighted by Crippen LogP contribution is -2.01. The van der Waals surface area contributed by atoms with Crippen LogP contribution in [0.15, 0.2) is 199 Å². The van der Waals surface area contributed by atoms with Gasteiger partial charge < -0.3 is 4.57 Å². The summed E-state index contributed by atoms with van der Waals surface area (Å²) >= 11 is 0. The fourth-order valence-electron chi connectivity index (χ4n) is 10.1. The summed E-state index contributed by atoms with van der Waals surface area (Å²) in [5.41, 5.74) is 14.6. The second-order valence-corrected chi connectivity index (χ2v) is 16.6. The maximum absolute atomic E-state index is 2.53. The first-order valence-electron chi connectivity index (χ1n) is 21.8. The highest BCUT2D eigenvalue weighted by Crippen LogP contribution is 2.39. The number of nitrogens with zero attached hydrogens (tertiary/aromatic N) is 1. The molecular weight excluding hydrogens is 735 g/mol. The van der Waals surface area contributed by atoms with Crippen molar-refractivity contribution in [1.82, 2.24) is 4.57 Å². The average molecular weight is 782 g/mol. The highest BCUT2D eigenvalue weighted by molar-refractivity contribution is 6.23. The van der Waals surface area contributed by atoms with Crippen LogP contribution in [0.4, 0.5) is 0 Å². The minimum absolute atomic E-state index is 0.830. The van der Waals surface area contributed by atoms with E-state index in [1.54, 1.807) is 0 Å². The van der Waals surface area contributed by atoms with Gasteiger partial charge in [0.1, 0.15) is 0 Å². The molecule has 1 aromatic heterocycles. The Morgan fingerprint density at radius 1 is 0.508 bits per heavy atom. The molecule has 1 aliphatic rings. The SMILES string of the molecule is CCn1c2c(c3cc(/C(=C/c4ccccc4)Cc4ccc5ccc6cccc7ccc4c5c67)ccc31)C/C=C(/C(=Cc1ccccc1)Cc1cccc3ccccc13)C/C=C\2. The van der Waals surface area contributed by atoms with Crippen LogP contribution in [0.1, 0.15) is 52.4 Å². The molecule has 0 saturated carbocycles. The first kappa shape index (κ1) is 36.8. The van der Waals surface area contributed by atoms with Gasteiger partial charge in [-0.2, -0.15) is 0 Å². The summed E-state index contributed by atoms with van der Waals surface area (Å²) in [5, 5.41) is 12.0. The van der Waals surface area contributed by atoms with Crippen molar-refractivity contribution in [3.05, 3.63) is 238 Å². The molecule has 0 fully saturated rings. The number of benzene rings is 9. The van der Waals surface area contributed by atoms with Gasteiger partial charge in [0.2, 0.25) is 0 Å². The summed E-state index contributed by atoms with van der Waals surface area (Å²) < 4.78 is 2.52. The molecule has 1 heteroatoms. The van der Waals surface area contributed by atoms with Crippen molar-refractivity contribution in [3.63, 3.8) is 0 Å². The molecule has 1 aliphatic carbocycles. The Morgan fingerprint density at radius 2 is 1.13 bits per heavy atom. The van der Waals surface area contributed by atoms with Crippen molar-refractivity contribution in [1.29, 1.82) is 0 Å². The molecule has 1 nitrogen and oxygen atoms in total. The monoisotopic (exact) mass is 781 g/mol. The summed E-state index contributed by atoms with van der Waals surface area (Å²) in [5.74, 6) is 0. The van der Waals surface area contributed by atoms with E-state index in [2.05, 4.69) is 218 Å². The summed E-state index contributed by atoms with van der Waals surface area (Å²) in [6, 6.07) is 65.0. The molecule has 9 aromatic carbocycles. The molecule has 0 atom stereocenters. The van der Waals surface area contributed by atoms with Crippen LogP contribution in [0.5, 0.6) is 0 Å². The van der Waals surface area contributed by atoms with Crippen molar-refractivity contribution in [3.8, 4) is 0 Å². The lowest BCUT2D eigenvalue weighted by Gasteiger charge is -2.16. The Hall–Kier alpha value is -7.22. The quantitative estimate of drug-likeness (QED) is 0.102. The zero-order valence-corrected chi connectivity index (χ0v) is 34.6. The number of hydrogen-bond donors (Lipinski definition) is 0. The molecule has 0 amide bonds. The minimum atomic E-state index is 0.830.